The summed E-state index contributed by atoms with van der Waals surface area (Å²) < 4.78 is 16.6. The maximum Gasteiger partial charge on any atom is 0.190 e. The van der Waals surface area contributed by atoms with Gasteiger partial charge in [-0.25, -0.2) is 0 Å². The molecule has 27 heavy (non-hydrogen) atoms. The Bertz CT molecular complexity index is 1270. The Morgan fingerprint density at radius 3 is 2.63 bits per heavy atom. The van der Waals surface area contributed by atoms with Gasteiger partial charge in [0.05, 0.1) is 12.4 Å². The summed E-state index contributed by atoms with van der Waals surface area (Å²) in [6.45, 7) is 0. The predicted octanol–water partition coefficient (Wildman–Crippen LogP) is 3.56. The molecule has 0 aliphatic rings. The lowest BCUT2D eigenvalue weighted by atomic mass is 10.1. The van der Waals surface area contributed by atoms with Crippen molar-refractivity contribution in [2.24, 2.45) is 7.05 Å². The minimum Gasteiger partial charge on any atom is -0.586 e. The molecule has 0 saturated heterocycles. The fourth-order valence-electron chi connectivity index (χ4n) is 3.19. The highest BCUT2D eigenvalue weighted by Crippen LogP contribution is 2.28. The fraction of sp³-hybridized carbons (Fsp3) is 0.0500. The fourth-order valence-corrected chi connectivity index (χ4v) is 4.40. The highest BCUT2D eigenvalue weighted by atomic mass is 32.2. The Balaban J connectivity index is 1.65. The molecule has 5 rings (SSSR count). The first kappa shape index (κ1) is 16.0. The molecule has 7 heteroatoms. The smallest absolute Gasteiger partial charge is 0.190 e. The number of pyridine rings is 1. The largest absolute Gasteiger partial charge is 0.586 e. The SMILES string of the molecule is Cn1cc(-c2cnc3cnn([S+]([O-])c4cccc5ccccc45)c3c2)cn1. The number of aryl methyl sites for hydroxylation is 1. The standard InChI is InChI=1S/C20H15N5OS/c1-24-13-16(11-22-24)15-9-19-18(21-10-15)12-23-25(19)27(26)20-8-4-6-14-5-2-3-7-17(14)20/h2-13H,1H3. The van der Waals surface area contributed by atoms with Gasteiger partial charge < -0.3 is 4.55 Å². The molecule has 0 fully saturated rings. The molecule has 3 aromatic heterocycles. The van der Waals surface area contributed by atoms with Gasteiger partial charge in [0, 0.05) is 36.0 Å². The second-order valence-electron chi connectivity index (χ2n) is 6.27. The number of benzene rings is 2. The van der Waals surface area contributed by atoms with Crippen LogP contribution in [0.2, 0.25) is 0 Å². The van der Waals surface area contributed by atoms with Crippen molar-refractivity contribution in [1.29, 1.82) is 0 Å². The lowest BCUT2D eigenvalue weighted by Crippen LogP contribution is -2.14. The molecule has 5 aromatic rings. The maximum absolute atomic E-state index is 13.4. The molecular formula is C20H15N5OS. The highest BCUT2D eigenvalue weighted by Gasteiger charge is 2.22. The lowest BCUT2D eigenvalue weighted by Gasteiger charge is -2.12. The van der Waals surface area contributed by atoms with E-state index in [1.54, 1.807) is 23.3 Å². The van der Waals surface area contributed by atoms with Crippen LogP contribution in [0.1, 0.15) is 0 Å². The summed E-state index contributed by atoms with van der Waals surface area (Å²) in [5.41, 5.74) is 3.29. The molecule has 132 valence electrons. The van der Waals surface area contributed by atoms with E-state index in [4.69, 9.17) is 0 Å². The monoisotopic (exact) mass is 373 g/mol. The van der Waals surface area contributed by atoms with Crippen LogP contribution in [0.4, 0.5) is 0 Å². The molecule has 1 unspecified atom stereocenters. The molecule has 0 spiro atoms. The topological polar surface area (TPSA) is 71.6 Å². The second-order valence-corrected chi connectivity index (χ2v) is 7.56. The van der Waals surface area contributed by atoms with Crippen LogP contribution in [0.3, 0.4) is 0 Å². The zero-order valence-electron chi connectivity index (χ0n) is 14.5. The van der Waals surface area contributed by atoms with E-state index in [1.165, 1.54) is 4.09 Å². The van der Waals surface area contributed by atoms with Crippen molar-refractivity contribution in [2.45, 2.75) is 4.90 Å². The first-order valence-corrected chi connectivity index (χ1v) is 9.54. The molecule has 0 bridgehead atoms. The van der Waals surface area contributed by atoms with Gasteiger partial charge in [-0.15, -0.1) is 5.10 Å². The molecule has 0 radical (unpaired) electrons. The van der Waals surface area contributed by atoms with E-state index in [9.17, 15) is 4.55 Å². The first-order chi connectivity index (χ1) is 13.2. The summed E-state index contributed by atoms with van der Waals surface area (Å²) in [5, 5.41) is 10.6. The van der Waals surface area contributed by atoms with Crippen molar-refractivity contribution in [3.05, 3.63) is 73.3 Å². The zero-order chi connectivity index (χ0) is 18.4. The Morgan fingerprint density at radius 2 is 1.78 bits per heavy atom. The van der Waals surface area contributed by atoms with E-state index in [2.05, 4.69) is 15.2 Å². The van der Waals surface area contributed by atoms with E-state index in [1.807, 2.05) is 61.8 Å². The third-order valence-electron chi connectivity index (χ3n) is 4.52. The second kappa shape index (κ2) is 6.22. The van der Waals surface area contributed by atoms with Gasteiger partial charge in [-0.2, -0.15) is 5.10 Å². The van der Waals surface area contributed by atoms with Crippen molar-refractivity contribution in [3.63, 3.8) is 0 Å². The molecule has 6 nitrogen and oxygen atoms in total. The predicted molar refractivity (Wildman–Crippen MR) is 105 cm³/mol. The van der Waals surface area contributed by atoms with Crippen LogP contribution in [-0.4, -0.2) is 28.5 Å². The van der Waals surface area contributed by atoms with Gasteiger partial charge in [0.15, 0.2) is 4.90 Å². The van der Waals surface area contributed by atoms with Gasteiger partial charge in [-0.05, 0) is 23.6 Å². The average Bonchev–Trinajstić information content (AvgIpc) is 3.32. The van der Waals surface area contributed by atoms with E-state index in [0.29, 0.717) is 5.52 Å². The van der Waals surface area contributed by atoms with Crippen LogP contribution >= 0.6 is 0 Å². The van der Waals surface area contributed by atoms with Gasteiger partial charge in [0.2, 0.25) is 0 Å². The Kier molecular flexibility index (Phi) is 3.70. The molecule has 0 saturated carbocycles. The third-order valence-corrected chi connectivity index (χ3v) is 5.86. The van der Waals surface area contributed by atoms with Crippen molar-refractivity contribution < 1.29 is 4.55 Å². The van der Waals surface area contributed by atoms with Crippen molar-refractivity contribution in [1.82, 2.24) is 24.0 Å². The van der Waals surface area contributed by atoms with E-state index >= 15 is 0 Å². The highest BCUT2D eigenvalue weighted by molar-refractivity contribution is 7.90. The normalized spacial score (nSPS) is 12.7. The van der Waals surface area contributed by atoms with Crippen LogP contribution in [0.15, 0.2) is 78.2 Å². The van der Waals surface area contributed by atoms with E-state index in [0.717, 1.165) is 32.3 Å². The minimum absolute atomic E-state index is 0.705. The summed E-state index contributed by atoms with van der Waals surface area (Å²) in [4.78, 5) is 5.20. The van der Waals surface area contributed by atoms with Gasteiger partial charge >= 0.3 is 0 Å². The van der Waals surface area contributed by atoms with Gasteiger partial charge in [-0.3, -0.25) is 9.67 Å². The molecule has 3 heterocycles. The third kappa shape index (κ3) is 2.68. The minimum atomic E-state index is -1.48. The number of fused-ring (bicyclic) bond motifs is 2. The molecule has 0 aliphatic heterocycles. The summed E-state index contributed by atoms with van der Waals surface area (Å²) in [7, 11) is 1.87. The summed E-state index contributed by atoms with van der Waals surface area (Å²) in [6, 6.07) is 15.7. The molecule has 0 amide bonds. The number of hydrogen-bond acceptors (Lipinski definition) is 4. The van der Waals surface area contributed by atoms with Crippen LogP contribution in [0, 0.1) is 0 Å². The number of aromatic nitrogens is 5. The molecule has 0 N–H and O–H groups in total. The summed E-state index contributed by atoms with van der Waals surface area (Å²) in [5.74, 6) is 0. The Labute approximate surface area is 158 Å². The summed E-state index contributed by atoms with van der Waals surface area (Å²) in [6.07, 6.45) is 7.13. The van der Waals surface area contributed by atoms with E-state index in [-0.39, 0.29) is 0 Å². The van der Waals surface area contributed by atoms with Crippen molar-refractivity contribution in [3.8, 4) is 11.1 Å². The quantitative estimate of drug-likeness (QED) is 0.453. The van der Waals surface area contributed by atoms with Crippen LogP contribution in [-0.2, 0) is 18.4 Å². The molecule has 2 aromatic carbocycles. The Hall–Kier alpha value is -3.16. The van der Waals surface area contributed by atoms with Crippen LogP contribution < -0.4 is 0 Å². The average molecular weight is 373 g/mol. The number of hydrogen-bond donors (Lipinski definition) is 0. The number of rotatable bonds is 3. The lowest BCUT2D eigenvalue weighted by molar-refractivity contribution is 0.582. The van der Waals surface area contributed by atoms with Crippen LogP contribution in [0.25, 0.3) is 32.9 Å². The molecule has 0 aliphatic carbocycles. The first-order valence-electron chi connectivity index (χ1n) is 8.43. The van der Waals surface area contributed by atoms with Gasteiger partial charge in [-0.1, -0.05) is 34.4 Å². The number of nitrogens with zero attached hydrogens (tertiary/aromatic N) is 5. The molecule has 1 atom stereocenters. The van der Waals surface area contributed by atoms with Crippen LogP contribution in [0.5, 0.6) is 0 Å². The van der Waals surface area contributed by atoms with E-state index < -0.39 is 11.4 Å². The maximum atomic E-state index is 13.4. The van der Waals surface area contributed by atoms with Crippen molar-refractivity contribution in [2.75, 3.05) is 0 Å². The van der Waals surface area contributed by atoms with Crippen molar-refractivity contribution >= 4 is 33.2 Å². The van der Waals surface area contributed by atoms with Gasteiger partial charge in [0.25, 0.3) is 0 Å². The Morgan fingerprint density at radius 1 is 0.926 bits per heavy atom. The molecular weight excluding hydrogens is 358 g/mol. The summed E-state index contributed by atoms with van der Waals surface area (Å²) >= 11 is -1.48. The van der Waals surface area contributed by atoms with Gasteiger partial charge in [0.1, 0.15) is 22.4 Å². The zero-order valence-corrected chi connectivity index (χ0v) is 15.3.